The van der Waals surface area contributed by atoms with Gasteiger partial charge in [-0.2, -0.15) is 0 Å². The molecular weight excluding hydrogens is 308 g/mol. The Labute approximate surface area is 120 Å². The first-order valence-corrected chi connectivity index (χ1v) is 8.13. The van der Waals surface area contributed by atoms with E-state index in [1.54, 1.807) is 0 Å². The summed E-state index contributed by atoms with van der Waals surface area (Å²) in [5.41, 5.74) is -0.0876. The number of aliphatic hydroxyl groups excluding tert-OH is 1. The molecule has 110 valence electrons. The maximum absolute atomic E-state index is 11.7. The van der Waals surface area contributed by atoms with Crippen LogP contribution in [-0.2, 0) is 14.6 Å². The number of esters is 1. The van der Waals surface area contributed by atoms with E-state index in [9.17, 15) is 13.2 Å². The third-order valence-corrected chi connectivity index (χ3v) is 4.03. The van der Waals surface area contributed by atoms with Crippen molar-refractivity contribution in [1.29, 1.82) is 0 Å². The Hall–Kier alpha value is -1.25. The van der Waals surface area contributed by atoms with Gasteiger partial charge in [0.15, 0.2) is 0 Å². The lowest BCUT2D eigenvalue weighted by Crippen LogP contribution is -2.12. The average molecular weight is 321 g/mol. The molecule has 1 heterocycles. The molecule has 0 amide bonds. The second kappa shape index (κ2) is 5.63. The van der Waals surface area contributed by atoms with Crippen LogP contribution in [0, 0.1) is 5.92 Å². The van der Waals surface area contributed by atoms with Crippen molar-refractivity contribution in [3.05, 3.63) is 16.9 Å². The van der Waals surface area contributed by atoms with E-state index in [2.05, 4.69) is 9.97 Å². The van der Waals surface area contributed by atoms with Gasteiger partial charge >= 0.3 is 5.97 Å². The number of carbonyl (C=O) groups is 1. The van der Waals surface area contributed by atoms with Gasteiger partial charge in [0.1, 0.15) is 10.7 Å². The fourth-order valence-electron chi connectivity index (χ4n) is 1.58. The SMILES string of the molecule is CS(=O)(=O)c1ncc(C(=O)OCCC2CC2O)c(Cl)n1. The maximum Gasteiger partial charge on any atom is 0.342 e. The second-order valence-electron chi connectivity index (χ2n) is 4.62. The van der Waals surface area contributed by atoms with Gasteiger partial charge in [0.2, 0.25) is 15.0 Å². The fraction of sp³-hybridized carbons (Fsp3) is 0.545. The standard InChI is InChI=1S/C11H13ClN2O5S/c1-20(17,18)11-13-5-7(9(12)14-11)10(16)19-3-2-6-4-8(6)15/h5-6,8,15H,2-4H2,1H3. The average Bonchev–Trinajstić information content (AvgIpc) is 3.03. The molecule has 1 aromatic rings. The van der Waals surface area contributed by atoms with Crippen LogP contribution in [0.5, 0.6) is 0 Å². The van der Waals surface area contributed by atoms with Crippen LogP contribution in [0.4, 0.5) is 0 Å². The number of rotatable bonds is 5. The molecule has 0 saturated heterocycles. The first-order valence-electron chi connectivity index (χ1n) is 5.87. The molecule has 0 radical (unpaired) electrons. The minimum atomic E-state index is -3.58. The summed E-state index contributed by atoms with van der Waals surface area (Å²) in [6.45, 7) is 0.157. The highest BCUT2D eigenvalue weighted by molar-refractivity contribution is 7.90. The van der Waals surface area contributed by atoms with E-state index in [0.29, 0.717) is 6.42 Å². The molecule has 1 aromatic heterocycles. The minimum absolute atomic E-state index is 0.0876. The molecule has 0 spiro atoms. The van der Waals surface area contributed by atoms with Crippen molar-refractivity contribution >= 4 is 27.4 Å². The zero-order valence-corrected chi connectivity index (χ0v) is 12.2. The first kappa shape index (κ1) is 15.1. The van der Waals surface area contributed by atoms with Gasteiger partial charge in [-0.25, -0.2) is 23.2 Å². The van der Waals surface area contributed by atoms with Crippen LogP contribution >= 0.6 is 11.6 Å². The lowest BCUT2D eigenvalue weighted by atomic mass is 10.3. The summed E-state index contributed by atoms with van der Waals surface area (Å²) >= 11 is 5.75. The smallest absolute Gasteiger partial charge is 0.342 e. The van der Waals surface area contributed by atoms with Gasteiger partial charge in [-0.05, 0) is 18.8 Å². The summed E-state index contributed by atoms with van der Waals surface area (Å²) in [6.07, 6.45) is 2.98. The molecule has 1 aliphatic carbocycles. The van der Waals surface area contributed by atoms with Crippen molar-refractivity contribution in [2.75, 3.05) is 12.9 Å². The molecule has 2 unspecified atom stereocenters. The summed E-state index contributed by atoms with van der Waals surface area (Å²) in [5, 5.41) is 8.41. The molecule has 2 rings (SSSR count). The molecule has 2 atom stereocenters. The third-order valence-electron chi connectivity index (χ3n) is 2.88. The van der Waals surface area contributed by atoms with E-state index < -0.39 is 21.0 Å². The highest BCUT2D eigenvalue weighted by atomic mass is 35.5. The predicted octanol–water partition coefficient (Wildman–Crippen LogP) is 0.461. The number of aromatic nitrogens is 2. The van der Waals surface area contributed by atoms with Crippen LogP contribution in [0.3, 0.4) is 0 Å². The van der Waals surface area contributed by atoms with Gasteiger partial charge in [-0.1, -0.05) is 11.6 Å². The Balaban J connectivity index is 1.99. The first-order chi connectivity index (χ1) is 9.29. The van der Waals surface area contributed by atoms with Crippen LogP contribution in [-0.4, -0.2) is 48.4 Å². The van der Waals surface area contributed by atoms with E-state index in [1.807, 2.05) is 0 Å². The molecule has 0 aromatic carbocycles. The zero-order chi connectivity index (χ0) is 14.9. The van der Waals surface area contributed by atoms with Gasteiger partial charge in [-0.15, -0.1) is 0 Å². The van der Waals surface area contributed by atoms with Gasteiger partial charge in [-0.3, -0.25) is 0 Å². The normalized spacial score (nSPS) is 21.6. The summed E-state index contributed by atoms with van der Waals surface area (Å²) in [5.74, 6) is -0.535. The van der Waals surface area contributed by atoms with Gasteiger partial charge in [0.25, 0.3) is 0 Å². The summed E-state index contributed by atoms with van der Waals surface area (Å²) in [4.78, 5) is 18.8. The predicted molar refractivity (Wildman–Crippen MR) is 69.2 cm³/mol. The molecule has 0 aliphatic heterocycles. The van der Waals surface area contributed by atoms with Crippen molar-refractivity contribution in [2.24, 2.45) is 5.92 Å². The Kier molecular flexibility index (Phi) is 4.26. The summed E-state index contributed by atoms with van der Waals surface area (Å²) in [7, 11) is -3.58. The van der Waals surface area contributed by atoms with E-state index >= 15 is 0 Å². The van der Waals surface area contributed by atoms with Crippen molar-refractivity contribution < 1.29 is 23.1 Å². The highest BCUT2D eigenvalue weighted by Gasteiger charge is 2.34. The van der Waals surface area contributed by atoms with Gasteiger partial charge in [0, 0.05) is 12.5 Å². The van der Waals surface area contributed by atoms with Crippen LogP contribution in [0.25, 0.3) is 0 Å². The molecule has 1 N–H and O–H groups in total. The quantitative estimate of drug-likeness (QED) is 0.477. The van der Waals surface area contributed by atoms with Crippen LogP contribution in [0.2, 0.25) is 5.15 Å². The monoisotopic (exact) mass is 320 g/mol. The maximum atomic E-state index is 11.7. The van der Waals surface area contributed by atoms with Crippen LogP contribution in [0.1, 0.15) is 23.2 Å². The van der Waals surface area contributed by atoms with Gasteiger partial charge < -0.3 is 9.84 Å². The number of nitrogens with zero attached hydrogens (tertiary/aromatic N) is 2. The zero-order valence-electron chi connectivity index (χ0n) is 10.6. The lowest BCUT2D eigenvalue weighted by Gasteiger charge is -2.06. The molecule has 0 bridgehead atoms. The minimum Gasteiger partial charge on any atom is -0.462 e. The molecule has 20 heavy (non-hydrogen) atoms. The Morgan fingerprint density at radius 1 is 1.60 bits per heavy atom. The molecule has 7 nitrogen and oxygen atoms in total. The molecule has 1 saturated carbocycles. The summed E-state index contributed by atoms with van der Waals surface area (Å²) < 4.78 is 27.4. The Morgan fingerprint density at radius 3 is 2.75 bits per heavy atom. The topological polar surface area (TPSA) is 106 Å². The van der Waals surface area contributed by atoms with Gasteiger partial charge in [0.05, 0.1) is 12.7 Å². The van der Waals surface area contributed by atoms with Crippen molar-refractivity contribution in [2.45, 2.75) is 24.1 Å². The number of hydrogen-bond acceptors (Lipinski definition) is 7. The fourth-order valence-corrected chi connectivity index (χ4v) is 2.34. The summed E-state index contributed by atoms with van der Waals surface area (Å²) in [6, 6.07) is 0. The Morgan fingerprint density at radius 2 is 2.25 bits per heavy atom. The van der Waals surface area contributed by atoms with E-state index in [0.717, 1.165) is 18.9 Å². The Bertz CT molecular complexity index is 634. The van der Waals surface area contributed by atoms with Crippen LogP contribution < -0.4 is 0 Å². The number of hydrogen-bond donors (Lipinski definition) is 1. The number of carbonyl (C=O) groups excluding carboxylic acids is 1. The molecular formula is C11H13ClN2O5S. The second-order valence-corrected chi connectivity index (χ2v) is 6.88. The number of sulfone groups is 1. The number of ether oxygens (including phenoxy) is 1. The van der Waals surface area contributed by atoms with Crippen molar-refractivity contribution in [3.8, 4) is 0 Å². The number of halogens is 1. The molecule has 9 heteroatoms. The molecule has 1 fully saturated rings. The van der Waals surface area contributed by atoms with Crippen molar-refractivity contribution in [3.63, 3.8) is 0 Å². The van der Waals surface area contributed by atoms with E-state index in [4.69, 9.17) is 21.4 Å². The lowest BCUT2D eigenvalue weighted by molar-refractivity contribution is 0.0488. The van der Waals surface area contributed by atoms with Crippen LogP contribution in [0.15, 0.2) is 11.4 Å². The number of aliphatic hydroxyl groups is 1. The van der Waals surface area contributed by atoms with E-state index in [1.165, 1.54) is 0 Å². The van der Waals surface area contributed by atoms with Crippen molar-refractivity contribution in [1.82, 2.24) is 9.97 Å². The van der Waals surface area contributed by atoms with E-state index in [-0.39, 0.29) is 29.3 Å². The molecule has 1 aliphatic rings. The largest absolute Gasteiger partial charge is 0.462 e. The third kappa shape index (κ3) is 3.65. The highest BCUT2D eigenvalue weighted by Crippen LogP contribution is 2.33.